The maximum atomic E-state index is 13.0. The van der Waals surface area contributed by atoms with Crippen molar-refractivity contribution in [3.63, 3.8) is 0 Å². The summed E-state index contributed by atoms with van der Waals surface area (Å²) in [7, 11) is 1.34. The molecule has 4 rings (SSSR count). The maximum Gasteiger partial charge on any atom is 0.328 e. The molecule has 0 aliphatic carbocycles. The van der Waals surface area contributed by atoms with Crippen LogP contribution in [0.4, 0.5) is 5.69 Å². The molecule has 0 bridgehead atoms. The Morgan fingerprint density at radius 1 is 1.12 bits per heavy atom. The lowest BCUT2D eigenvalue weighted by Crippen LogP contribution is -2.48. The second kappa shape index (κ2) is 11.0. The average molecular weight is 461 g/mol. The first kappa shape index (κ1) is 23.5. The number of anilines is 1. The summed E-state index contributed by atoms with van der Waals surface area (Å²) in [5.74, 6) is -0.671. The van der Waals surface area contributed by atoms with E-state index in [4.69, 9.17) is 4.74 Å². The van der Waals surface area contributed by atoms with E-state index in [0.717, 1.165) is 31.6 Å². The first-order valence-corrected chi connectivity index (χ1v) is 11.8. The molecule has 1 fully saturated rings. The van der Waals surface area contributed by atoms with Crippen molar-refractivity contribution in [2.45, 2.75) is 38.8 Å². The molecule has 2 heterocycles. The molecule has 0 spiro atoms. The molecule has 1 saturated heterocycles. The van der Waals surface area contributed by atoms with Crippen LogP contribution >= 0.6 is 0 Å². The molecule has 1 atom stereocenters. The van der Waals surface area contributed by atoms with Gasteiger partial charge in [0.15, 0.2) is 0 Å². The van der Waals surface area contributed by atoms with Crippen LogP contribution in [0.2, 0.25) is 0 Å². The molecule has 0 saturated carbocycles. The van der Waals surface area contributed by atoms with Crippen molar-refractivity contribution in [2.24, 2.45) is 5.92 Å². The van der Waals surface area contributed by atoms with Crippen LogP contribution in [0.3, 0.4) is 0 Å². The zero-order valence-corrected chi connectivity index (χ0v) is 19.8. The van der Waals surface area contributed by atoms with Gasteiger partial charge in [0.05, 0.1) is 19.1 Å². The molecule has 1 unspecified atom stereocenters. The van der Waals surface area contributed by atoms with E-state index in [1.807, 2.05) is 29.0 Å². The number of methoxy groups -OCH3 is 1. The number of hydrogen-bond acceptors (Lipinski definition) is 5. The Kier molecular flexibility index (Phi) is 7.62. The second-order valence-electron chi connectivity index (χ2n) is 8.91. The minimum atomic E-state index is -0.757. The van der Waals surface area contributed by atoms with Gasteiger partial charge in [0, 0.05) is 43.9 Å². The van der Waals surface area contributed by atoms with Crippen LogP contribution in [0.15, 0.2) is 67.1 Å². The summed E-state index contributed by atoms with van der Waals surface area (Å²) in [6.07, 6.45) is 5.45. The highest BCUT2D eigenvalue weighted by molar-refractivity contribution is 5.86. The third-order valence-electron chi connectivity index (χ3n) is 6.34. The number of piperidine rings is 1. The van der Waals surface area contributed by atoms with E-state index in [0.29, 0.717) is 13.0 Å². The van der Waals surface area contributed by atoms with Gasteiger partial charge in [-0.05, 0) is 43.0 Å². The number of aromatic nitrogens is 2. The van der Waals surface area contributed by atoms with Gasteiger partial charge in [0.2, 0.25) is 5.91 Å². The van der Waals surface area contributed by atoms with Gasteiger partial charge in [-0.15, -0.1) is 0 Å². The molecular weight excluding hydrogens is 428 g/mol. The van der Waals surface area contributed by atoms with Gasteiger partial charge in [-0.3, -0.25) is 4.79 Å². The van der Waals surface area contributed by atoms with Crippen molar-refractivity contribution < 1.29 is 14.3 Å². The van der Waals surface area contributed by atoms with E-state index in [1.54, 1.807) is 6.33 Å². The zero-order chi connectivity index (χ0) is 23.9. The van der Waals surface area contributed by atoms with Crippen LogP contribution in [0.5, 0.6) is 0 Å². The smallest absolute Gasteiger partial charge is 0.328 e. The van der Waals surface area contributed by atoms with E-state index in [9.17, 15) is 9.59 Å². The highest BCUT2D eigenvalue weighted by atomic mass is 16.5. The van der Waals surface area contributed by atoms with Gasteiger partial charge < -0.3 is 19.5 Å². The number of rotatable bonds is 8. The highest BCUT2D eigenvalue weighted by Gasteiger charge is 2.29. The number of aryl methyl sites for hydroxylation is 1. The van der Waals surface area contributed by atoms with Gasteiger partial charge in [-0.25, -0.2) is 9.78 Å². The quantitative estimate of drug-likeness (QED) is 0.522. The zero-order valence-electron chi connectivity index (χ0n) is 19.8. The minimum absolute atomic E-state index is 0.0944. The van der Waals surface area contributed by atoms with E-state index in [-0.39, 0.29) is 11.8 Å². The topological polar surface area (TPSA) is 76.5 Å². The van der Waals surface area contributed by atoms with Gasteiger partial charge in [0.25, 0.3) is 0 Å². The molecule has 34 heavy (non-hydrogen) atoms. The highest BCUT2D eigenvalue weighted by Crippen LogP contribution is 2.24. The van der Waals surface area contributed by atoms with E-state index in [1.165, 1.54) is 23.9 Å². The van der Waals surface area contributed by atoms with E-state index >= 15 is 0 Å². The molecule has 178 valence electrons. The Morgan fingerprint density at radius 3 is 2.59 bits per heavy atom. The van der Waals surface area contributed by atoms with Crippen LogP contribution in [0.25, 0.3) is 0 Å². The summed E-state index contributed by atoms with van der Waals surface area (Å²) in [4.78, 5) is 32.2. The lowest BCUT2D eigenvalue weighted by Gasteiger charge is -2.33. The number of hydrogen-bond donors (Lipinski definition) is 1. The van der Waals surface area contributed by atoms with Gasteiger partial charge in [-0.1, -0.05) is 42.5 Å². The lowest BCUT2D eigenvalue weighted by atomic mass is 9.94. The number of carbonyl (C=O) groups is 2. The third-order valence-corrected chi connectivity index (χ3v) is 6.34. The standard InChI is InChI=1S/C27H32N4O3/c1-20-7-6-10-24(15-20)31-13-11-22(12-14-31)26(32)29-25(27(33)34-2)16-23-18-30(19-28-23)17-21-8-4-3-5-9-21/h3-10,15,18-19,22,25H,11-14,16-17H2,1-2H3,(H,29,32). The average Bonchev–Trinajstić information content (AvgIpc) is 3.30. The predicted molar refractivity (Wildman–Crippen MR) is 132 cm³/mol. The molecule has 1 N–H and O–H groups in total. The largest absolute Gasteiger partial charge is 0.467 e. The van der Waals surface area contributed by atoms with Crippen LogP contribution in [0, 0.1) is 12.8 Å². The van der Waals surface area contributed by atoms with Crippen molar-refractivity contribution in [2.75, 3.05) is 25.1 Å². The van der Waals surface area contributed by atoms with Gasteiger partial charge in [0.1, 0.15) is 6.04 Å². The van der Waals surface area contributed by atoms with Crippen molar-refractivity contribution in [1.82, 2.24) is 14.9 Å². The number of benzene rings is 2. The molecule has 3 aromatic rings. The fourth-order valence-electron chi connectivity index (χ4n) is 4.45. The van der Waals surface area contributed by atoms with Gasteiger partial charge in [-0.2, -0.15) is 0 Å². The number of amides is 1. The number of imidazole rings is 1. The first-order chi connectivity index (χ1) is 16.5. The van der Waals surface area contributed by atoms with Crippen LogP contribution in [0.1, 0.15) is 29.7 Å². The Morgan fingerprint density at radius 2 is 1.88 bits per heavy atom. The lowest BCUT2D eigenvalue weighted by molar-refractivity contribution is -0.145. The molecule has 7 heteroatoms. The van der Waals surface area contributed by atoms with E-state index < -0.39 is 12.0 Å². The van der Waals surface area contributed by atoms with Crippen molar-refractivity contribution in [1.29, 1.82) is 0 Å². The fraction of sp³-hybridized carbons (Fsp3) is 0.370. The predicted octanol–water partition coefficient (Wildman–Crippen LogP) is 3.36. The Balaban J connectivity index is 1.33. The molecule has 1 aliphatic rings. The number of nitrogens with zero attached hydrogens (tertiary/aromatic N) is 3. The van der Waals surface area contributed by atoms with Gasteiger partial charge >= 0.3 is 5.97 Å². The fourth-order valence-corrected chi connectivity index (χ4v) is 4.45. The molecule has 7 nitrogen and oxygen atoms in total. The monoisotopic (exact) mass is 460 g/mol. The second-order valence-corrected chi connectivity index (χ2v) is 8.91. The summed E-state index contributed by atoms with van der Waals surface area (Å²) in [6, 6.07) is 17.8. The number of nitrogens with one attached hydrogen (secondary N) is 1. The SMILES string of the molecule is COC(=O)C(Cc1cn(Cc2ccccc2)cn1)NC(=O)C1CCN(c2cccc(C)c2)CC1. The minimum Gasteiger partial charge on any atom is -0.467 e. The number of carbonyl (C=O) groups excluding carboxylic acids is 2. The van der Waals surface area contributed by atoms with E-state index in [2.05, 4.69) is 58.5 Å². The molecule has 0 radical (unpaired) electrons. The normalized spacial score (nSPS) is 15.1. The summed E-state index contributed by atoms with van der Waals surface area (Å²) in [5.41, 5.74) is 4.32. The molecule has 1 aliphatic heterocycles. The molecule has 2 aromatic carbocycles. The molecule has 1 amide bonds. The molecule has 1 aromatic heterocycles. The number of ether oxygens (including phenoxy) is 1. The first-order valence-electron chi connectivity index (χ1n) is 11.8. The third kappa shape index (κ3) is 6.04. The van der Waals surface area contributed by atoms with Crippen LogP contribution < -0.4 is 10.2 Å². The van der Waals surface area contributed by atoms with Crippen LogP contribution in [-0.2, 0) is 27.3 Å². The summed E-state index contributed by atoms with van der Waals surface area (Å²) in [6.45, 7) is 4.41. The summed E-state index contributed by atoms with van der Waals surface area (Å²) in [5, 5.41) is 2.93. The Bertz CT molecular complexity index is 1100. The Hall–Kier alpha value is -3.61. The maximum absolute atomic E-state index is 13.0. The summed E-state index contributed by atoms with van der Waals surface area (Å²) >= 11 is 0. The van der Waals surface area contributed by atoms with Crippen molar-refractivity contribution >= 4 is 17.6 Å². The Labute approximate surface area is 200 Å². The molecular formula is C27H32N4O3. The van der Waals surface area contributed by atoms with Crippen molar-refractivity contribution in [3.8, 4) is 0 Å². The number of esters is 1. The van der Waals surface area contributed by atoms with Crippen LogP contribution in [-0.4, -0.2) is 47.7 Å². The van der Waals surface area contributed by atoms with Crippen molar-refractivity contribution in [3.05, 3.63) is 83.9 Å². The summed E-state index contributed by atoms with van der Waals surface area (Å²) < 4.78 is 6.94.